The molecule has 6 nitrogen and oxygen atoms in total. The Balaban J connectivity index is -0.000000569. The van der Waals surface area contributed by atoms with Crippen molar-refractivity contribution < 1.29 is 49.5 Å². The largest absolute Gasteiger partial charge is 2.00 e. The molecule has 2 N–H and O–H groups in total. The van der Waals surface area contributed by atoms with E-state index in [-0.39, 0.29) is 19.5 Å². The molecule has 0 fully saturated rings. The van der Waals surface area contributed by atoms with E-state index in [0.717, 1.165) is 38.5 Å². The van der Waals surface area contributed by atoms with Crippen LogP contribution in [0.1, 0.15) is 155 Å². The molecular weight excluding hydrogens is 498 g/mol. The predicted molar refractivity (Wildman–Crippen MR) is 135 cm³/mol. The van der Waals surface area contributed by atoms with Crippen LogP contribution in [-0.4, -0.2) is 34.4 Å². The van der Waals surface area contributed by atoms with Crippen LogP contribution in [0.25, 0.3) is 0 Å². The van der Waals surface area contributed by atoms with Crippen molar-refractivity contribution in [3.8, 4) is 0 Å². The molecule has 0 aromatic carbocycles. The number of aliphatic hydroxyl groups is 2. The first-order valence-electron chi connectivity index (χ1n) is 14.1. The van der Waals surface area contributed by atoms with E-state index in [1.54, 1.807) is 0 Å². The number of hydrogen-bond donors (Lipinski definition) is 2. The average Bonchev–Trinajstić information content (AvgIpc) is 2.81. The number of carboxylic acids is 2. The molecule has 0 heterocycles. The van der Waals surface area contributed by atoms with Crippen LogP contribution in [0.3, 0.4) is 0 Å². The van der Waals surface area contributed by atoms with Crippen LogP contribution >= 0.6 is 0 Å². The molecule has 0 aliphatic carbocycles. The monoisotopic (exact) mass is 550 g/mol. The summed E-state index contributed by atoms with van der Waals surface area (Å²) >= 11 is 0. The summed E-state index contributed by atoms with van der Waals surface area (Å²) in [5, 5.41) is 38.4. The van der Waals surface area contributed by atoms with Crippen LogP contribution in [0, 0.1) is 0 Å². The maximum Gasteiger partial charge on any atom is 2.00 e. The number of rotatable bonds is 24. The van der Waals surface area contributed by atoms with Crippen LogP contribution in [0.2, 0.25) is 0 Å². The summed E-state index contributed by atoms with van der Waals surface area (Å²) in [7, 11) is 0. The fourth-order valence-electron chi connectivity index (χ4n) is 3.89. The number of carbonyl (C=O) groups excluding carboxylic acids is 2. The normalized spacial score (nSPS) is 12.2. The molecule has 0 aliphatic rings. The molecule has 204 valence electrons. The van der Waals surface area contributed by atoms with E-state index >= 15 is 0 Å². The van der Waals surface area contributed by atoms with Crippen molar-refractivity contribution in [2.45, 2.75) is 167 Å². The Morgan fingerprint density at radius 2 is 0.686 bits per heavy atom. The van der Waals surface area contributed by atoms with Gasteiger partial charge in [-0.1, -0.05) is 142 Å². The first kappa shape index (κ1) is 39.0. The SMILES string of the molecule is CCCCCCCCCCCCC(O)C(=O)[O-].CCCCCCCCCCCCC(O)C(=O)[O-].[Zn+2]. The van der Waals surface area contributed by atoms with Gasteiger partial charge in [-0.25, -0.2) is 0 Å². The Morgan fingerprint density at radius 1 is 0.486 bits per heavy atom. The van der Waals surface area contributed by atoms with E-state index in [2.05, 4.69) is 13.8 Å². The number of carbonyl (C=O) groups is 2. The van der Waals surface area contributed by atoms with Gasteiger partial charge in [-0.05, 0) is 12.8 Å². The molecule has 2 atom stereocenters. The third-order valence-corrected chi connectivity index (χ3v) is 6.21. The quantitative estimate of drug-likeness (QED) is 0.131. The van der Waals surface area contributed by atoms with E-state index in [1.165, 1.54) is 89.9 Å². The third kappa shape index (κ3) is 33.5. The molecule has 0 saturated carbocycles. The Kier molecular flexibility index (Phi) is 35.1. The van der Waals surface area contributed by atoms with E-state index in [9.17, 15) is 19.8 Å². The van der Waals surface area contributed by atoms with Crippen LogP contribution in [0.15, 0.2) is 0 Å². The summed E-state index contributed by atoms with van der Waals surface area (Å²) in [4.78, 5) is 20.5. The van der Waals surface area contributed by atoms with Gasteiger partial charge in [0.1, 0.15) is 0 Å². The molecule has 0 aromatic rings. The Morgan fingerprint density at radius 3 is 0.886 bits per heavy atom. The number of aliphatic hydroxyl groups excluding tert-OH is 2. The molecule has 7 heteroatoms. The van der Waals surface area contributed by atoms with Gasteiger partial charge < -0.3 is 30.0 Å². The number of hydrogen-bond acceptors (Lipinski definition) is 6. The van der Waals surface area contributed by atoms with Gasteiger partial charge in [-0.3, -0.25) is 0 Å². The molecule has 2 unspecified atom stereocenters. The van der Waals surface area contributed by atoms with Crippen molar-refractivity contribution in [1.82, 2.24) is 0 Å². The standard InChI is InChI=1S/2C14H28O3.Zn/c2*1-2-3-4-5-6-7-8-9-10-11-12-13(15)14(16)17;/h2*13,15H,2-12H2,1H3,(H,16,17);/q;;+2/p-2. The molecule has 0 spiro atoms. The van der Waals surface area contributed by atoms with Crippen molar-refractivity contribution in [2.24, 2.45) is 0 Å². The number of carboxylic acid groups (broad SMARTS) is 2. The summed E-state index contributed by atoms with van der Waals surface area (Å²) in [6.07, 6.45) is 22.4. The maximum atomic E-state index is 10.2. The zero-order valence-corrected chi connectivity index (χ0v) is 25.9. The smallest absolute Gasteiger partial charge is 0.547 e. The minimum atomic E-state index is -1.35. The van der Waals surface area contributed by atoms with E-state index < -0.39 is 24.1 Å². The molecule has 0 aliphatic heterocycles. The molecule has 0 saturated heterocycles. The van der Waals surface area contributed by atoms with Crippen molar-refractivity contribution in [1.29, 1.82) is 0 Å². The van der Waals surface area contributed by atoms with Gasteiger partial charge in [0, 0.05) is 0 Å². The number of unbranched alkanes of at least 4 members (excludes halogenated alkanes) is 18. The van der Waals surface area contributed by atoms with Crippen LogP contribution < -0.4 is 10.2 Å². The molecule has 0 amide bonds. The zero-order valence-electron chi connectivity index (χ0n) is 22.9. The second kappa shape index (κ2) is 31.5. The first-order valence-corrected chi connectivity index (χ1v) is 14.1. The molecule has 0 radical (unpaired) electrons. The zero-order chi connectivity index (χ0) is 25.9. The summed E-state index contributed by atoms with van der Waals surface area (Å²) in [6.45, 7) is 4.45. The average molecular weight is 552 g/mol. The Labute approximate surface area is 228 Å². The molecule has 0 rings (SSSR count). The van der Waals surface area contributed by atoms with Gasteiger partial charge in [-0.2, -0.15) is 0 Å². The summed E-state index contributed by atoms with van der Waals surface area (Å²) in [5.74, 6) is -2.69. The fraction of sp³-hybridized carbons (Fsp3) is 0.929. The van der Waals surface area contributed by atoms with Crippen LogP contribution in [-0.2, 0) is 29.1 Å². The second-order valence-corrected chi connectivity index (χ2v) is 9.61. The van der Waals surface area contributed by atoms with E-state index in [0.29, 0.717) is 12.8 Å². The fourth-order valence-corrected chi connectivity index (χ4v) is 3.89. The summed E-state index contributed by atoms with van der Waals surface area (Å²) < 4.78 is 0. The Hall–Kier alpha value is -0.517. The first-order chi connectivity index (χ1) is 16.4. The van der Waals surface area contributed by atoms with E-state index in [1.807, 2.05) is 0 Å². The van der Waals surface area contributed by atoms with Crippen molar-refractivity contribution in [3.63, 3.8) is 0 Å². The molecule has 0 aromatic heterocycles. The van der Waals surface area contributed by atoms with Gasteiger partial charge in [0.15, 0.2) is 0 Å². The van der Waals surface area contributed by atoms with Gasteiger partial charge in [0.05, 0.1) is 24.1 Å². The third-order valence-electron chi connectivity index (χ3n) is 6.21. The predicted octanol–water partition coefficient (Wildman–Crippen LogP) is 4.81. The van der Waals surface area contributed by atoms with E-state index in [4.69, 9.17) is 10.2 Å². The van der Waals surface area contributed by atoms with Gasteiger partial charge in [0.2, 0.25) is 0 Å². The minimum Gasteiger partial charge on any atom is -0.547 e. The van der Waals surface area contributed by atoms with Crippen molar-refractivity contribution in [2.75, 3.05) is 0 Å². The van der Waals surface area contributed by atoms with Crippen LogP contribution in [0.5, 0.6) is 0 Å². The van der Waals surface area contributed by atoms with Gasteiger partial charge >= 0.3 is 19.5 Å². The summed E-state index contributed by atoms with van der Waals surface area (Å²) in [6, 6.07) is 0. The topological polar surface area (TPSA) is 121 Å². The second-order valence-electron chi connectivity index (χ2n) is 9.61. The summed E-state index contributed by atoms with van der Waals surface area (Å²) in [5.41, 5.74) is 0. The van der Waals surface area contributed by atoms with Crippen molar-refractivity contribution >= 4 is 11.9 Å². The van der Waals surface area contributed by atoms with Gasteiger partial charge in [-0.15, -0.1) is 0 Å². The molecular formula is C28H54O6Zn. The maximum absolute atomic E-state index is 10.2. The Bertz CT molecular complexity index is 407. The number of aliphatic carboxylic acids is 2. The minimum absolute atomic E-state index is 0. The van der Waals surface area contributed by atoms with Gasteiger partial charge in [0.25, 0.3) is 0 Å². The molecule has 0 bridgehead atoms. The van der Waals surface area contributed by atoms with Crippen molar-refractivity contribution in [3.05, 3.63) is 0 Å². The van der Waals surface area contributed by atoms with Crippen LogP contribution in [0.4, 0.5) is 0 Å². The molecule has 35 heavy (non-hydrogen) atoms.